The summed E-state index contributed by atoms with van der Waals surface area (Å²) in [5, 5.41) is 9.42. The van der Waals surface area contributed by atoms with Crippen molar-refractivity contribution in [1.82, 2.24) is 0 Å². The van der Waals surface area contributed by atoms with Gasteiger partial charge in [-0.2, -0.15) is 0 Å². The Balaban J connectivity index is 3.80. The smallest absolute Gasteiger partial charge is 0.306 e. The van der Waals surface area contributed by atoms with Crippen LogP contribution in [-0.2, 0) is 28.1 Å². The van der Waals surface area contributed by atoms with E-state index in [1.165, 1.54) is 25.7 Å². The SMILES string of the molecule is CCCCC/C=C\C/C=C\C/C=C\C/C=C\CCCC(=O)OC(CO)COC(=O)CCCOP(C)OCCN. The van der Waals surface area contributed by atoms with E-state index in [4.69, 9.17) is 24.3 Å². The number of esters is 2. The number of unbranched alkanes of at least 4 members (excludes halogenated alkanes) is 4. The molecule has 0 bridgehead atoms. The predicted molar refractivity (Wildman–Crippen MR) is 159 cm³/mol. The van der Waals surface area contributed by atoms with E-state index in [1.54, 1.807) is 0 Å². The maximum absolute atomic E-state index is 12.0. The number of ether oxygens (including phenoxy) is 2. The van der Waals surface area contributed by atoms with Crippen LogP contribution >= 0.6 is 8.38 Å². The Morgan fingerprint density at radius 1 is 0.795 bits per heavy atom. The van der Waals surface area contributed by atoms with Crippen molar-refractivity contribution in [3.8, 4) is 0 Å². The van der Waals surface area contributed by atoms with Gasteiger partial charge in [-0.1, -0.05) is 68.4 Å². The lowest BCUT2D eigenvalue weighted by Gasteiger charge is -2.16. The van der Waals surface area contributed by atoms with Gasteiger partial charge >= 0.3 is 11.9 Å². The highest BCUT2D eigenvalue weighted by atomic mass is 31.2. The van der Waals surface area contributed by atoms with Gasteiger partial charge in [-0.25, -0.2) is 0 Å². The summed E-state index contributed by atoms with van der Waals surface area (Å²) < 4.78 is 21.1. The molecule has 0 aliphatic rings. The third kappa shape index (κ3) is 27.5. The Kier molecular flexibility index (Phi) is 27.8. The number of carbonyl (C=O) groups is 2. The Hall–Kier alpha value is -1.83. The summed E-state index contributed by atoms with van der Waals surface area (Å²) >= 11 is 0. The van der Waals surface area contributed by atoms with Crippen LogP contribution in [0.1, 0.15) is 84.0 Å². The number of aliphatic hydroxyl groups excluding tert-OH is 1. The Bertz CT molecular complexity index is 709. The summed E-state index contributed by atoms with van der Waals surface area (Å²) in [5.74, 6) is -0.847. The van der Waals surface area contributed by atoms with Crippen LogP contribution in [0.25, 0.3) is 0 Å². The zero-order chi connectivity index (χ0) is 28.8. The molecule has 0 heterocycles. The first-order chi connectivity index (χ1) is 19.0. The van der Waals surface area contributed by atoms with E-state index in [0.29, 0.717) is 32.6 Å². The van der Waals surface area contributed by atoms with Crippen LogP contribution < -0.4 is 5.73 Å². The molecule has 0 fully saturated rings. The van der Waals surface area contributed by atoms with Gasteiger partial charge in [0.05, 0.1) is 19.8 Å². The lowest BCUT2D eigenvalue weighted by Crippen LogP contribution is -2.28. The van der Waals surface area contributed by atoms with E-state index in [-0.39, 0.29) is 19.4 Å². The van der Waals surface area contributed by atoms with Gasteiger partial charge < -0.3 is 29.4 Å². The molecule has 0 aliphatic carbocycles. The first kappa shape index (κ1) is 37.2. The lowest BCUT2D eigenvalue weighted by molar-refractivity contribution is -0.161. The molecule has 0 spiro atoms. The van der Waals surface area contributed by atoms with Gasteiger partial charge in [-0.3, -0.25) is 9.59 Å². The van der Waals surface area contributed by atoms with Gasteiger partial charge in [0.15, 0.2) is 14.5 Å². The number of carbonyl (C=O) groups excluding carboxylic acids is 2. The standard InChI is InChI=1S/C30H52NO7P/c1-3-4-5-6-7-8-9-10-11-12-13-14-15-16-17-18-19-21-30(34)38-28(26-32)27-35-29(33)22-20-24-36-39(2)37-25-23-31/h7-8,10-11,13-14,16-17,28,32H,3-6,9,12,15,18-27,31H2,1-2H3/b8-7-,11-10-,14-13-,17-16-. The van der Waals surface area contributed by atoms with Crippen LogP contribution in [0.2, 0.25) is 0 Å². The van der Waals surface area contributed by atoms with Gasteiger partial charge in [0.2, 0.25) is 0 Å². The minimum Gasteiger partial charge on any atom is -0.462 e. The highest BCUT2D eigenvalue weighted by Crippen LogP contribution is 2.32. The highest BCUT2D eigenvalue weighted by Gasteiger charge is 2.16. The Morgan fingerprint density at radius 3 is 1.95 bits per heavy atom. The fourth-order valence-corrected chi connectivity index (χ4v) is 4.00. The normalized spacial score (nSPS) is 13.6. The molecule has 0 amide bonds. The number of hydrogen-bond donors (Lipinski definition) is 2. The predicted octanol–water partition coefficient (Wildman–Crippen LogP) is 6.29. The fraction of sp³-hybridized carbons (Fsp3) is 0.667. The number of rotatable bonds is 26. The van der Waals surface area contributed by atoms with Crippen molar-refractivity contribution in [1.29, 1.82) is 0 Å². The van der Waals surface area contributed by atoms with Crippen molar-refractivity contribution >= 4 is 20.3 Å². The van der Waals surface area contributed by atoms with Gasteiger partial charge in [0, 0.05) is 26.1 Å². The number of aliphatic hydroxyl groups is 1. The second-order valence-corrected chi connectivity index (χ2v) is 10.4. The third-order valence-electron chi connectivity index (χ3n) is 5.33. The summed E-state index contributed by atoms with van der Waals surface area (Å²) in [4.78, 5) is 23.9. The molecule has 9 heteroatoms. The van der Waals surface area contributed by atoms with Crippen molar-refractivity contribution in [2.45, 2.75) is 90.1 Å². The van der Waals surface area contributed by atoms with Crippen molar-refractivity contribution in [2.24, 2.45) is 5.73 Å². The molecule has 0 radical (unpaired) electrons. The maximum atomic E-state index is 12.0. The highest BCUT2D eigenvalue weighted by molar-refractivity contribution is 7.46. The molecule has 39 heavy (non-hydrogen) atoms. The molecule has 0 aromatic heterocycles. The van der Waals surface area contributed by atoms with E-state index in [9.17, 15) is 14.7 Å². The maximum Gasteiger partial charge on any atom is 0.306 e. The first-order valence-electron chi connectivity index (χ1n) is 14.3. The fourth-order valence-electron chi connectivity index (χ4n) is 3.18. The second-order valence-electron chi connectivity index (χ2n) is 8.96. The summed E-state index contributed by atoms with van der Waals surface area (Å²) in [6.07, 6.45) is 26.6. The van der Waals surface area contributed by atoms with Crippen molar-refractivity contribution in [2.75, 3.05) is 39.6 Å². The molecular weight excluding hydrogens is 517 g/mol. The zero-order valence-corrected chi connectivity index (χ0v) is 25.0. The zero-order valence-electron chi connectivity index (χ0n) is 24.1. The average molecular weight is 570 g/mol. The molecule has 0 aliphatic heterocycles. The van der Waals surface area contributed by atoms with E-state index in [2.05, 4.69) is 55.5 Å². The number of nitrogens with two attached hydrogens (primary N) is 1. The Labute approximate surface area is 237 Å². The van der Waals surface area contributed by atoms with Crippen LogP contribution in [0.4, 0.5) is 0 Å². The lowest BCUT2D eigenvalue weighted by atomic mass is 10.2. The summed E-state index contributed by atoms with van der Waals surface area (Å²) in [7, 11) is -0.999. The Morgan fingerprint density at radius 2 is 1.36 bits per heavy atom. The average Bonchev–Trinajstić information content (AvgIpc) is 2.93. The van der Waals surface area contributed by atoms with E-state index in [1.807, 2.05) is 6.66 Å². The molecule has 0 aromatic carbocycles. The van der Waals surface area contributed by atoms with Gasteiger partial charge in [-0.15, -0.1) is 0 Å². The monoisotopic (exact) mass is 569 g/mol. The van der Waals surface area contributed by atoms with Crippen LogP contribution in [-0.4, -0.2) is 62.8 Å². The van der Waals surface area contributed by atoms with Crippen LogP contribution in [0.15, 0.2) is 48.6 Å². The molecule has 2 atom stereocenters. The molecular formula is C30H52NO7P. The van der Waals surface area contributed by atoms with Crippen molar-refractivity contribution in [3.05, 3.63) is 48.6 Å². The van der Waals surface area contributed by atoms with Crippen molar-refractivity contribution < 1.29 is 33.2 Å². The van der Waals surface area contributed by atoms with Gasteiger partial charge in [0.25, 0.3) is 0 Å². The topological polar surface area (TPSA) is 117 Å². The number of allylic oxidation sites excluding steroid dienone is 8. The van der Waals surface area contributed by atoms with E-state index >= 15 is 0 Å². The van der Waals surface area contributed by atoms with Crippen molar-refractivity contribution in [3.63, 3.8) is 0 Å². The van der Waals surface area contributed by atoms with E-state index < -0.39 is 33.0 Å². The molecule has 8 nitrogen and oxygen atoms in total. The summed E-state index contributed by atoms with van der Waals surface area (Å²) in [6.45, 7) is 4.73. The minimum absolute atomic E-state index is 0.167. The molecule has 0 saturated carbocycles. The summed E-state index contributed by atoms with van der Waals surface area (Å²) in [5.41, 5.74) is 5.36. The second kappa shape index (κ2) is 29.2. The quantitative estimate of drug-likeness (QED) is 0.0540. The molecule has 0 rings (SSSR count). The third-order valence-corrected chi connectivity index (χ3v) is 6.42. The van der Waals surface area contributed by atoms with E-state index in [0.717, 1.165) is 25.7 Å². The largest absolute Gasteiger partial charge is 0.462 e. The molecule has 2 unspecified atom stereocenters. The van der Waals surface area contributed by atoms with Gasteiger partial charge in [0.1, 0.15) is 6.61 Å². The molecule has 0 aromatic rings. The van der Waals surface area contributed by atoms with Crippen LogP contribution in [0.3, 0.4) is 0 Å². The minimum atomic E-state index is -0.999. The van der Waals surface area contributed by atoms with Crippen LogP contribution in [0, 0.1) is 0 Å². The molecule has 0 saturated heterocycles. The first-order valence-corrected chi connectivity index (χ1v) is 15.9. The molecule has 224 valence electrons. The summed E-state index contributed by atoms with van der Waals surface area (Å²) in [6, 6.07) is 0. The number of hydrogen-bond acceptors (Lipinski definition) is 8. The molecule has 3 N–H and O–H groups in total. The van der Waals surface area contributed by atoms with Gasteiger partial charge in [-0.05, 0) is 51.4 Å². The van der Waals surface area contributed by atoms with Crippen LogP contribution in [0.5, 0.6) is 0 Å².